The lowest BCUT2D eigenvalue weighted by molar-refractivity contribution is -0.0440. The highest BCUT2D eigenvalue weighted by Crippen LogP contribution is 2.22. The summed E-state index contributed by atoms with van der Waals surface area (Å²) in [5.74, 6) is -1.81. The van der Waals surface area contributed by atoms with Gasteiger partial charge in [-0.25, -0.2) is 17.6 Å². The molecule has 1 aliphatic rings. The van der Waals surface area contributed by atoms with Crippen molar-refractivity contribution in [2.24, 2.45) is 0 Å². The van der Waals surface area contributed by atoms with Gasteiger partial charge in [-0.05, 0) is 56.3 Å². The van der Waals surface area contributed by atoms with Crippen molar-refractivity contribution in [3.05, 3.63) is 65.5 Å². The second-order valence-electron chi connectivity index (χ2n) is 7.11. The maximum Gasteiger partial charge on any atom is 0.338 e. The predicted octanol–water partition coefficient (Wildman–Crippen LogP) is 2.66. The molecule has 0 amide bonds. The summed E-state index contributed by atoms with van der Waals surface area (Å²) in [5.41, 5.74) is 0.216. The number of hydrogen-bond donors (Lipinski definition) is 0. The molecular formula is C21H22FNO6S. The maximum absolute atomic E-state index is 13.0. The van der Waals surface area contributed by atoms with E-state index < -0.39 is 34.2 Å². The summed E-state index contributed by atoms with van der Waals surface area (Å²) >= 11 is 0. The quantitative estimate of drug-likeness (QED) is 0.512. The first-order valence-corrected chi connectivity index (χ1v) is 10.8. The van der Waals surface area contributed by atoms with Crippen molar-refractivity contribution in [2.45, 2.75) is 31.0 Å². The number of carbonyl (C=O) groups excluding carboxylic acids is 2. The lowest BCUT2D eigenvalue weighted by Crippen LogP contribution is -2.48. The van der Waals surface area contributed by atoms with Crippen LogP contribution in [0.25, 0.3) is 0 Å². The van der Waals surface area contributed by atoms with E-state index in [0.29, 0.717) is 0 Å². The minimum atomic E-state index is -3.82. The standard InChI is InChI=1S/C21H22FNO6S/c1-14-11-23(12-15(2)29-14)30(26,27)19-5-3-4-17(10-19)21(25)28-13-20(24)16-6-8-18(22)9-7-16/h3-10,14-15H,11-13H2,1-2H3/t14-,15-/m1/s1. The number of nitrogens with zero attached hydrogens (tertiary/aromatic N) is 1. The molecule has 0 saturated carbocycles. The number of esters is 1. The fourth-order valence-electron chi connectivity index (χ4n) is 3.19. The van der Waals surface area contributed by atoms with Crippen LogP contribution in [0.4, 0.5) is 4.39 Å². The molecule has 1 saturated heterocycles. The Morgan fingerprint density at radius 3 is 2.33 bits per heavy atom. The molecule has 1 heterocycles. The van der Waals surface area contributed by atoms with Crippen LogP contribution in [-0.2, 0) is 19.5 Å². The van der Waals surface area contributed by atoms with Crippen LogP contribution in [-0.4, -0.2) is 56.4 Å². The Morgan fingerprint density at radius 2 is 1.70 bits per heavy atom. The van der Waals surface area contributed by atoms with Crippen molar-refractivity contribution in [3.63, 3.8) is 0 Å². The Balaban J connectivity index is 1.70. The third-order valence-corrected chi connectivity index (χ3v) is 6.42. The lowest BCUT2D eigenvalue weighted by Gasteiger charge is -2.34. The number of rotatable bonds is 6. The first-order valence-electron chi connectivity index (χ1n) is 9.38. The van der Waals surface area contributed by atoms with E-state index in [-0.39, 0.29) is 41.3 Å². The molecule has 2 aromatic carbocycles. The van der Waals surface area contributed by atoms with Gasteiger partial charge in [0.2, 0.25) is 10.0 Å². The number of ether oxygens (including phenoxy) is 2. The van der Waals surface area contributed by atoms with Crippen LogP contribution in [0.5, 0.6) is 0 Å². The van der Waals surface area contributed by atoms with Crippen LogP contribution >= 0.6 is 0 Å². The van der Waals surface area contributed by atoms with Crippen molar-refractivity contribution in [3.8, 4) is 0 Å². The zero-order valence-electron chi connectivity index (χ0n) is 16.6. The Bertz CT molecular complexity index is 1030. The Morgan fingerprint density at radius 1 is 1.07 bits per heavy atom. The number of sulfonamides is 1. The third kappa shape index (κ3) is 5.10. The average molecular weight is 435 g/mol. The summed E-state index contributed by atoms with van der Waals surface area (Å²) in [5, 5.41) is 0. The zero-order valence-corrected chi connectivity index (χ0v) is 17.4. The highest BCUT2D eigenvalue weighted by molar-refractivity contribution is 7.89. The minimum Gasteiger partial charge on any atom is -0.454 e. The number of Topliss-reactive ketones (excluding diaryl/α,β-unsaturated/α-hetero) is 1. The fraction of sp³-hybridized carbons (Fsp3) is 0.333. The fourth-order valence-corrected chi connectivity index (χ4v) is 4.83. The van der Waals surface area contributed by atoms with Gasteiger partial charge in [-0.15, -0.1) is 0 Å². The second-order valence-corrected chi connectivity index (χ2v) is 9.05. The van der Waals surface area contributed by atoms with Crippen LogP contribution in [0.3, 0.4) is 0 Å². The molecule has 1 aliphatic heterocycles. The predicted molar refractivity (Wildman–Crippen MR) is 106 cm³/mol. The average Bonchev–Trinajstić information content (AvgIpc) is 2.71. The monoisotopic (exact) mass is 435 g/mol. The summed E-state index contributed by atoms with van der Waals surface area (Å²) in [6.07, 6.45) is -0.483. The van der Waals surface area contributed by atoms with Gasteiger partial charge in [0, 0.05) is 18.7 Å². The van der Waals surface area contributed by atoms with E-state index in [1.807, 2.05) is 0 Å². The molecule has 0 aromatic heterocycles. The smallest absolute Gasteiger partial charge is 0.338 e. The van der Waals surface area contributed by atoms with E-state index in [2.05, 4.69) is 0 Å². The molecule has 2 atom stereocenters. The molecule has 0 N–H and O–H groups in total. The van der Waals surface area contributed by atoms with E-state index in [1.165, 1.54) is 40.7 Å². The van der Waals surface area contributed by atoms with Gasteiger partial charge >= 0.3 is 5.97 Å². The molecule has 0 unspecified atom stereocenters. The van der Waals surface area contributed by atoms with Gasteiger partial charge in [0.25, 0.3) is 0 Å². The first-order chi connectivity index (χ1) is 14.2. The van der Waals surface area contributed by atoms with Gasteiger partial charge in [0.05, 0.1) is 22.7 Å². The third-order valence-electron chi connectivity index (χ3n) is 4.59. The first kappa shape index (κ1) is 22.1. The van der Waals surface area contributed by atoms with E-state index in [1.54, 1.807) is 13.8 Å². The van der Waals surface area contributed by atoms with E-state index in [9.17, 15) is 22.4 Å². The molecule has 2 aromatic rings. The van der Waals surface area contributed by atoms with E-state index in [4.69, 9.17) is 9.47 Å². The Kier molecular flexibility index (Phi) is 6.64. The van der Waals surface area contributed by atoms with Gasteiger partial charge in [-0.1, -0.05) is 6.07 Å². The summed E-state index contributed by atoms with van der Waals surface area (Å²) in [6, 6.07) is 10.3. The molecule has 0 radical (unpaired) electrons. The zero-order chi connectivity index (χ0) is 21.9. The molecule has 0 aliphatic carbocycles. The van der Waals surface area contributed by atoms with Crippen LogP contribution < -0.4 is 0 Å². The Labute approximate surface area is 174 Å². The van der Waals surface area contributed by atoms with Gasteiger partial charge in [-0.2, -0.15) is 4.31 Å². The molecule has 0 spiro atoms. The number of ketones is 1. The lowest BCUT2D eigenvalue weighted by atomic mass is 10.1. The van der Waals surface area contributed by atoms with Gasteiger partial charge in [0.1, 0.15) is 5.82 Å². The van der Waals surface area contributed by atoms with Gasteiger partial charge in [-0.3, -0.25) is 4.79 Å². The van der Waals surface area contributed by atoms with Crippen LogP contribution in [0.15, 0.2) is 53.4 Å². The second kappa shape index (κ2) is 9.03. The van der Waals surface area contributed by atoms with Crippen LogP contribution in [0, 0.1) is 5.82 Å². The molecule has 3 rings (SSSR count). The summed E-state index contributed by atoms with van der Waals surface area (Å²) in [6.45, 7) is 3.48. The number of hydrogen-bond acceptors (Lipinski definition) is 6. The van der Waals surface area contributed by atoms with Crippen molar-refractivity contribution in [2.75, 3.05) is 19.7 Å². The molecular weight excluding hydrogens is 413 g/mol. The van der Waals surface area contributed by atoms with Crippen molar-refractivity contribution in [1.29, 1.82) is 0 Å². The molecule has 0 bridgehead atoms. The molecule has 160 valence electrons. The van der Waals surface area contributed by atoms with E-state index in [0.717, 1.165) is 12.1 Å². The van der Waals surface area contributed by atoms with Gasteiger partial charge < -0.3 is 9.47 Å². The summed E-state index contributed by atoms with van der Waals surface area (Å²) < 4.78 is 50.8. The van der Waals surface area contributed by atoms with Crippen LogP contribution in [0.2, 0.25) is 0 Å². The van der Waals surface area contributed by atoms with Crippen molar-refractivity contribution >= 4 is 21.8 Å². The van der Waals surface area contributed by atoms with Crippen LogP contribution in [0.1, 0.15) is 34.6 Å². The number of carbonyl (C=O) groups is 2. The SMILES string of the molecule is C[C@@H]1CN(S(=O)(=O)c2cccc(C(=O)OCC(=O)c3ccc(F)cc3)c2)C[C@@H](C)O1. The molecule has 30 heavy (non-hydrogen) atoms. The van der Waals surface area contributed by atoms with Crippen molar-refractivity contribution < 1.29 is 31.9 Å². The largest absolute Gasteiger partial charge is 0.454 e. The number of morpholine rings is 1. The van der Waals surface area contributed by atoms with E-state index >= 15 is 0 Å². The molecule has 9 heteroatoms. The number of benzene rings is 2. The maximum atomic E-state index is 13.0. The highest BCUT2D eigenvalue weighted by Gasteiger charge is 2.32. The minimum absolute atomic E-state index is 0.0114. The Hall–Kier alpha value is -2.62. The topological polar surface area (TPSA) is 90.0 Å². The summed E-state index contributed by atoms with van der Waals surface area (Å²) in [4.78, 5) is 24.4. The highest BCUT2D eigenvalue weighted by atomic mass is 32.2. The van der Waals surface area contributed by atoms with Crippen molar-refractivity contribution in [1.82, 2.24) is 4.31 Å². The number of halogens is 1. The summed E-state index contributed by atoms with van der Waals surface area (Å²) in [7, 11) is -3.82. The normalized spacial score (nSPS) is 20.0. The van der Waals surface area contributed by atoms with Gasteiger partial charge in [0.15, 0.2) is 12.4 Å². The molecule has 7 nitrogen and oxygen atoms in total. The molecule has 1 fully saturated rings.